The van der Waals surface area contributed by atoms with Crippen molar-refractivity contribution in [1.82, 2.24) is 4.57 Å². The van der Waals surface area contributed by atoms with Gasteiger partial charge in [0.25, 0.3) is 11.5 Å². The normalized spacial score (nSPS) is 10.6. The lowest BCUT2D eigenvalue weighted by atomic mass is 10.1. The second kappa shape index (κ2) is 7.66. The highest BCUT2D eigenvalue weighted by atomic mass is 79.9. The van der Waals surface area contributed by atoms with Crippen LogP contribution in [0.5, 0.6) is 0 Å². The summed E-state index contributed by atoms with van der Waals surface area (Å²) in [4.78, 5) is 25.0. The van der Waals surface area contributed by atoms with Gasteiger partial charge in [-0.2, -0.15) is 0 Å². The van der Waals surface area contributed by atoms with Gasteiger partial charge in [-0.25, -0.2) is 4.39 Å². The first-order valence-corrected chi connectivity index (χ1v) is 8.75. The highest BCUT2D eigenvalue weighted by Crippen LogP contribution is 2.19. The van der Waals surface area contributed by atoms with Crippen LogP contribution in [0.3, 0.4) is 0 Å². The minimum Gasteiger partial charge on any atom is -0.319 e. The number of hydrogen-bond acceptors (Lipinski definition) is 2. The zero-order valence-electron chi connectivity index (χ0n) is 14.0. The Hall–Kier alpha value is -2.73. The number of carbonyl (C=O) groups excluding carboxylic acids is 1. The number of rotatable bonds is 4. The number of benzene rings is 2. The maximum Gasteiger partial charge on any atom is 0.263 e. The average Bonchev–Trinajstić information content (AvgIpc) is 2.61. The van der Waals surface area contributed by atoms with Gasteiger partial charge in [-0.15, -0.1) is 0 Å². The van der Waals surface area contributed by atoms with E-state index in [1.165, 1.54) is 22.8 Å². The van der Waals surface area contributed by atoms with E-state index in [0.717, 1.165) is 11.1 Å². The molecular formula is C20H16BrFN2O2. The second-order valence-electron chi connectivity index (χ2n) is 5.92. The molecule has 4 nitrogen and oxygen atoms in total. The van der Waals surface area contributed by atoms with Crippen molar-refractivity contribution in [3.8, 4) is 0 Å². The van der Waals surface area contributed by atoms with E-state index in [2.05, 4.69) is 21.2 Å². The SMILES string of the molecule is Cc1ccc(Cn2cccc(C(=O)Nc3ccc(Br)cc3F)c2=O)cc1. The number of halogens is 2. The molecule has 0 saturated heterocycles. The molecule has 3 rings (SSSR count). The molecule has 132 valence electrons. The van der Waals surface area contributed by atoms with Crippen LogP contribution in [0.25, 0.3) is 0 Å². The summed E-state index contributed by atoms with van der Waals surface area (Å²) in [5.41, 5.74) is 1.64. The zero-order chi connectivity index (χ0) is 18.7. The Morgan fingerprint density at radius 3 is 2.58 bits per heavy atom. The van der Waals surface area contributed by atoms with Gasteiger partial charge in [-0.05, 0) is 42.8 Å². The van der Waals surface area contributed by atoms with Crippen LogP contribution in [0.15, 0.2) is 70.1 Å². The number of nitrogens with one attached hydrogen (secondary N) is 1. The van der Waals surface area contributed by atoms with Gasteiger partial charge in [0, 0.05) is 10.7 Å². The smallest absolute Gasteiger partial charge is 0.263 e. The van der Waals surface area contributed by atoms with E-state index in [9.17, 15) is 14.0 Å². The molecule has 2 aromatic carbocycles. The lowest BCUT2D eigenvalue weighted by Crippen LogP contribution is -2.29. The van der Waals surface area contributed by atoms with Crippen molar-refractivity contribution < 1.29 is 9.18 Å². The van der Waals surface area contributed by atoms with Gasteiger partial charge in [-0.3, -0.25) is 9.59 Å². The van der Waals surface area contributed by atoms with Crippen molar-refractivity contribution in [3.05, 3.63) is 98.1 Å². The quantitative estimate of drug-likeness (QED) is 0.689. The number of aromatic nitrogens is 1. The molecule has 3 aromatic rings. The topological polar surface area (TPSA) is 51.1 Å². The molecule has 1 amide bonds. The summed E-state index contributed by atoms with van der Waals surface area (Å²) in [5, 5.41) is 2.44. The molecule has 0 saturated carbocycles. The molecule has 1 heterocycles. The Morgan fingerprint density at radius 1 is 1.15 bits per heavy atom. The number of nitrogens with zero attached hydrogens (tertiary/aromatic N) is 1. The van der Waals surface area contributed by atoms with Gasteiger partial charge in [0.2, 0.25) is 0 Å². The summed E-state index contributed by atoms with van der Waals surface area (Å²) in [7, 11) is 0. The van der Waals surface area contributed by atoms with Gasteiger partial charge in [0.15, 0.2) is 0 Å². The summed E-state index contributed by atoms with van der Waals surface area (Å²) in [6.07, 6.45) is 1.62. The van der Waals surface area contributed by atoms with E-state index in [4.69, 9.17) is 0 Å². The molecule has 26 heavy (non-hydrogen) atoms. The summed E-state index contributed by atoms with van der Waals surface area (Å²) >= 11 is 3.16. The van der Waals surface area contributed by atoms with E-state index >= 15 is 0 Å². The fraction of sp³-hybridized carbons (Fsp3) is 0.100. The van der Waals surface area contributed by atoms with Crippen molar-refractivity contribution >= 4 is 27.5 Å². The lowest BCUT2D eigenvalue weighted by Gasteiger charge is -2.10. The Labute approximate surface area is 158 Å². The first kappa shape index (κ1) is 18.1. The molecule has 0 aliphatic carbocycles. The van der Waals surface area contributed by atoms with Crippen molar-refractivity contribution in [2.75, 3.05) is 5.32 Å². The van der Waals surface area contributed by atoms with Crippen LogP contribution >= 0.6 is 15.9 Å². The predicted molar refractivity (Wildman–Crippen MR) is 103 cm³/mol. The van der Waals surface area contributed by atoms with Gasteiger partial charge < -0.3 is 9.88 Å². The number of hydrogen-bond donors (Lipinski definition) is 1. The summed E-state index contributed by atoms with van der Waals surface area (Å²) in [6, 6.07) is 15.2. The van der Waals surface area contributed by atoms with Gasteiger partial charge in [0.1, 0.15) is 11.4 Å². The second-order valence-corrected chi connectivity index (χ2v) is 6.83. The van der Waals surface area contributed by atoms with Crippen LogP contribution in [-0.2, 0) is 6.54 Å². The first-order chi connectivity index (χ1) is 12.4. The maximum atomic E-state index is 13.9. The number of pyridine rings is 1. The molecule has 0 aliphatic rings. The molecule has 1 N–H and O–H groups in total. The molecule has 0 unspecified atom stereocenters. The monoisotopic (exact) mass is 414 g/mol. The molecular weight excluding hydrogens is 399 g/mol. The van der Waals surface area contributed by atoms with Crippen molar-refractivity contribution in [1.29, 1.82) is 0 Å². The summed E-state index contributed by atoms with van der Waals surface area (Å²) < 4.78 is 15.9. The van der Waals surface area contributed by atoms with Crippen LogP contribution in [0.1, 0.15) is 21.5 Å². The minimum atomic E-state index is -0.644. The van der Waals surface area contributed by atoms with E-state index in [1.54, 1.807) is 18.3 Å². The third-order valence-electron chi connectivity index (χ3n) is 3.92. The Bertz CT molecular complexity index is 1010. The molecule has 0 atom stereocenters. The molecule has 0 fully saturated rings. The van der Waals surface area contributed by atoms with Crippen LogP contribution in [0, 0.1) is 12.7 Å². The average molecular weight is 415 g/mol. The van der Waals surface area contributed by atoms with Crippen LogP contribution in [0.4, 0.5) is 10.1 Å². The third-order valence-corrected chi connectivity index (χ3v) is 4.41. The van der Waals surface area contributed by atoms with Gasteiger partial charge in [-0.1, -0.05) is 45.8 Å². The Morgan fingerprint density at radius 2 is 1.88 bits per heavy atom. The molecule has 0 radical (unpaired) electrons. The largest absolute Gasteiger partial charge is 0.319 e. The lowest BCUT2D eigenvalue weighted by molar-refractivity contribution is 0.102. The van der Waals surface area contributed by atoms with Crippen molar-refractivity contribution in [2.45, 2.75) is 13.5 Å². The van der Waals surface area contributed by atoms with E-state index in [-0.39, 0.29) is 11.3 Å². The van der Waals surface area contributed by atoms with E-state index < -0.39 is 17.3 Å². The van der Waals surface area contributed by atoms with E-state index in [1.807, 2.05) is 31.2 Å². The van der Waals surface area contributed by atoms with Crippen LogP contribution in [-0.4, -0.2) is 10.5 Å². The van der Waals surface area contributed by atoms with Crippen LogP contribution < -0.4 is 10.9 Å². The Kier molecular flexibility index (Phi) is 5.32. The summed E-state index contributed by atoms with van der Waals surface area (Å²) in [6.45, 7) is 2.34. The molecule has 0 bridgehead atoms. The minimum absolute atomic E-state index is 0.0199. The fourth-order valence-electron chi connectivity index (χ4n) is 2.50. The van der Waals surface area contributed by atoms with Crippen molar-refractivity contribution in [2.24, 2.45) is 0 Å². The molecule has 1 aromatic heterocycles. The maximum absolute atomic E-state index is 13.9. The standard InChI is InChI=1S/C20H16BrFN2O2/c1-13-4-6-14(7-5-13)12-24-10-2-3-16(20(24)26)19(25)23-18-9-8-15(21)11-17(18)22/h2-11H,12H2,1H3,(H,23,25). The zero-order valence-corrected chi connectivity index (χ0v) is 15.6. The van der Waals surface area contributed by atoms with E-state index in [0.29, 0.717) is 11.0 Å². The summed E-state index contributed by atoms with van der Waals surface area (Å²) in [5.74, 6) is -1.22. The van der Waals surface area contributed by atoms with Crippen molar-refractivity contribution in [3.63, 3.8) is 0 Å². The van der Waals surface area contributed by atoms with Gasteiger partial charge >= 0.3 is 0 Å². The van der Waals surface area contributed by atoms with Gasteiger partial charge in [0.05, 0.1) is 12.2 Å². The highest BCUT2D eigenvalue weighted by Gasteiger charge is 2.14. The highest BCUT2D eigenvalue weighted by molar-refractivity contribution is 9.10. The third kappa shape index (κ3) is 4.08. The number of carbonyl (C=O) groups is 1. The molecule has 0 aliphatic heterocycles. The first-order valence-electron chi connectivity index (χ1n) is 7.95. The fourth-order valence-corrected chi connectivity index (χ4v) is 2.84. The number of amides is 1. The number of anilines is 1. The number of aryl methyl sites for hydroxylation is 1. The van der Waals surface area contributed by atoms with Crippen LogP contribution in [0.2, 0.25) is 0 Å². The Balaban J connectivity index is 1.85. The molecule has 6 heteroatoms. The molecule has 0 spiro atoms. The predicted octanol–water partition coefficient (Wildman–Crippen LogP) is 4.36.